The summed E-state index contributed by atoms with van der Waals surface area (Å²) in [5.41, 5.74) is 5.07. The number of nitrogens with one attached hydrogen (secondary N) is 1. The van der Waals surface area contributed by atoms with Crippen molar-refractivity contribution in [2.45, 2.75) is 38.4 Å². The number of carbonyl (C=O) groups excluding carboxylic acids is 2. The van der Waals surface area contributed by atoms with Crippen LogP contribution in [-0.4, -0.2) is 55.6 Å². The summed E-state index contributed by atoms with van der Waals surface area (Å²) in [5, 5.41) is 2.67. The Labute approximate surface area is 113 Å². The molecular formula is C13H23N3O3. The zero-order valence-electron chi connectivity index (χ0n) is 11.6. The van der Waals surface area contributed by atoms with Gasteiger partial charge in [-0.15, -0.1) is 0 Å². The van der Waals surface area contributed by atoms with Gasteiger partial charge in [0.2, 0.25) is 5.91 Å². The smallest absolute Gasteiger partial charge is 0.251 e. The Morgan fingerprint density at radius 2 is 2.21 bits per heavy atom. The zero-order chi connectivity index (χ0) is 14.0. The second kappa shape index (κ2) is 5.46. The Kier molecular flexibility index (Phi) is 4.10. The maximum absolute atomic E-state index is 12.3. The van der Waals surface area contributed by atoms with Crippen molar-refractivity contribution in [3.63, 3.8) is 0 Å². The standard InChI is InChI=1S/C13H23N3O3/c1-13(12(18)15-2)5-6-16(8-13)11(17)10-4-3-9(7-14)19-10/h9-10H,3-8,14H2,1-2H3,(H,15,18). The van der Waals surface area contributed by atoms with Gasteiger partial charge in [0.05, 0.1) is 11.5 Å². The fraction of sp³-hybridized carbons (Fsp3) is 0.846. The second-order valence-electron chi connectivity index (χ2n) is 5.71. The maximum atomic E-state index is 12.3. The molecule has 0 saturated carbocycles. The number of ether oxygens (including phenoxy) is 1. The lowest BCUT2D eigenvalue weighted by atomic mass is 9.89. The van der Waals surface area contributed by atoms with E-state index in [1.165, 1.54) is 0 Å². The van der Waals surface area contributed by atoms with E-state index in [2.05, 4.69) is 5.32 Å². The molecule has 0 aromatic carbocycles. The summed E-state index contributed by atoms with van der Waals surface area (Å²) in [5.74, 6) is -0.00134. The third-order valence-electron chi connectivity index (χ3n) is 4.21. The molecule has 0 radical (unpaired) electrons. The molecule has 0 aromatic rings. The summed E-state index contributed by atoms with van der Waals surface area (Å²) < 4.78 is 5.62. The van der Waals surface area contributed by atoms with E-state index >= 15 is 0 Å². The van der Waals surface area contributed by atoms with E-state index < -0.39 is 5.41 Å². The van der Waals surface area contributed by atoms with Gasteiger partial charge in [0, 0.05) is 26.7 Å². The zero-order valence-corrected chi connectivity index (χ0v) is 11.6. The third-order valence-corrected chi connectivity index (χ3v) is 4.21. The Morgan fingerprint density at radius 3 is 2.79 bits per heavy atom. The number of nitrogens with zero attached hydrogens (tertiary/aromatic N) is 1. The van der Waals surface area contributed by atoms with Crippen molar-refractivity contribution in [1.29, 1.82) is 0 Å². The van der Waals surface area contributed by atoms with Gasteiger partial charge in [-0.1, -0.05) is 0 Å². The molecule has 2 aliphatic rings. The molecule has 6 heteroatoms. The molecule has 0 aliphatic carbocycles. The molecule has 3 unspecified atom stereocenters. The molecular weight excluding hydrogens is 246 g/mol. The van der Waals surface area contributed by atoms with Crippen molar-refractivity contribution in [3.05, 3.63) is 0 Å². The highest BCUT2D eigenvalue weighted by molar-refractivity contribution is 5.86. The SMILES string of the molecule is CNC(=O)C1(C)CCN(C(=O)C2CCC(CN)O2)C1. The van der Waals surface area contributed by atoms with Crippen LogP contribution >= 0.6 is 0 Å². The molecule has 19 heavy (non-hydrogen) atoms. The van der Waals surface area contributed by atoms with E-state index in [1.807, 2.05) is 6.92 Å². The van der Waals surface area contributed by atoms with E-state index in [-0.39, 0.29) is 24.0 Å². The van der Waals surface area contributed by atoms with Crippen LogP contribution in [-0.2, 0) is 14.3 Å². The van der Waals surface area contributed by atoms with Crippen LogP contribution in [0.1, 0.15) is 26.2 Å². The molecule has 6 nitrogen and oxygen atoms in total. The van der Waals surface area contributed by atoms with Gasteiger partial charge in [-0.05, 0) is 26.2 Å². The van der Waals surface area contributed by atoms with Crippen molar-refractivity contribution in [2.24, 2.45) is 11.1 Å². The van der Waals surface area contributed by atoms with E-state index in [4.69, 9.17) is 10.5 Å². The molecule has 108 valence electrons. The van der Waals surface area contributed by atoms with Crippen molar-refractivity contribution in [2.75, 3.05) is 26.7 Å². The fourth-order valence-corrected chi connectivity index (χ4v) is 2.90. The minimum Gasteiger partial charge on any atom is -0.364 e. The van der Waals surface area contributed by atoms with Gasteiger partial charge >= 0.3 is 0 Å². The van der Waals surface area contributed by atoms with E-state index in [9.17, 15) is 9.59 Å². The summed E-state index contributed by atoms with van der Waals surface area (Å²) >= 11 is 0. The minimum absolute atomic E-state index is 0.00174. The lowest BCUT2D eigenvalue weighted by Crippen LogP contribution is -2.43. The summed E-state index contributed by atoms with van der Waals surface area (Å²) in [6, 6.07) is 0. The van der Waals surface area contributed by atoms with E-state index in [0.717, 1.165) is 12.8 Å². The van der Waals surface area contributed by atoms with E-state index in [0.29, 0.717) is 26.1 Å². The van der Waals surface area contributed by atoms with Gasteiger partial charge in [0.1, 0.15) is 6.10 Å². The maximum Gasteiger partial charge on any atom is 0.251 e. The monoisotopic (exact) mass is 269 g/mol. The van der Waals surface area contributed by atoms with Crippen LogP contribution in [0.5, 0.6) is 0 Å². The lowest BCUT2D eigenvalue weighted by Gasteiger charge is -2.24. The molecule has 2 rings (SSSR count). The van der Waals surface area contributed by atoms with Crippen molar-refractivity contribution < 1.29 is 14.3 Å². The number of hydrogen-bond donors (Lipinski definition) is 2. The average Bonchev–Trinajstić information content (AvgIpc) is 3.04. The Morgan fingerprint density at radius 1 is 1.47 bits per heavy atom. The Hall–Kier alpha value is -1.14. The topological polar surface area (TPSA) is 84.7 Å². The van der Waals surface area contributed by atoms with Crippen LogP contribution in [0.4, 0.5) is 0 Å². The number of rotatable bonds is 3. The molecule has 2 saturated heterocycles. The normalized spacial score (nSPS) is 34.6. The third kappa shape index (κ3) is 2.74. The number of nitrogens with two attached hydrogens (primary N) is 1. The van der Waals surface area contributed by atoms with Gasteiger partial charge in [-0.2, -0.15) is 0 Å². The first-order chi connectivity index (χ1) is 9.00. The number of carbonyl (C=O) groups is 2. The molecule has 2 fully saturated rings. The van der Waals surface area contributed by atoms with Crippen molar-refractivity contribution >= 4 is 11.8 Å². The van der Waals surface area contributed by atoms with Crippen molar-refractivity contribution in [1.82, 2.24) is 10.2 Å². The van der Waals surface area contributed by atoms with Gasteiger partial charge in [0.25, 0.3) is 5.91 Å². The molecule has 2 heterocycles. The fourth-order valence-electron chi connectivity index (χ4n) is 2.90. The van der Waals surface area contributed by atoms with Crippen LogP contribution in [0.25, 0.3) is 0 Å². The highest BCUT2D eigenvalue weighted by atomic mass is 16.5. The Bertz CT molecular complexity index is 374. The molecule has 0 spiro atoms. The highest BCUT2D eigenvalue weighted by Gasteiger charge is 2.44. The average molecular weight is 269 g/mol. The summed E-state index contributed by atoms with van der Waals surface area (Å²) in [7, 11) is 1.63. The molecule has 0 aromatic heterocycles. The van der Waals surface area contributed by atoms with Crippen LogP contribution in [0.2, 0.25) is 0 Å². The number of amides is 2. The molecule has 0 bridgehead atoms. The minimum atomic E-state index is -0.476. The quantitative estimate of drug-likeness (QED) is 0.722. The first-order valence-corrected chi connectivity index (χ1v) is 6.86. The van der Waals surface area contributed by atoms with Gasteiger partial charge in [0.15, 0.2) is 0 Å². The van der Waals surface area contributed by atoms with Crippen LogP contribution < -0.4 is 11.1 Å². The number of likely N-dealkylation sites (tertiary alicyclic amines) is 1. The first-order valence-electron chi connectivity index (χ1n) is 6.86. The summed E-state index contributed by atoms with van der Waals surface area (Å²) in [6.45, 7) is 3.45. The van der Waals surface area contributed by atoms with Gasteiger partial charge < -0.3 is 20.7 Å². The van der Waals surface area contributed by atoms with Crippen LogP contribution in [0, 0.1) is 5.41 Å². The number of hydrogen-bond acceptors (Lipinski definition) is 4. The largest absolute Gasteiger partial charge is 0.364 e. The predicted octanol–water partition coefficient (Wildman–Crippen LogP) is -0.523. The second-order valence-corrected chi connectivity index (χ2v) is 5.71. The molecule has 3 N–H and O–H groups in total. The van der Waals surface area contributed by atoms with Crippen LogP contribution in [0.3, 0.4) is 0 Å². The molecule has 2 amide bonds. The molecule has 2 aliphatic heterocycles. The van der Waals surface area contributed by atoms with Crippen LogP contribution in [0.15, 0.2) is 0 Å². The van der Waals surface area contributed by atoms with Gasteiger partial charge in [-0.3, -0.25) is 9.59 Å². The van der Waals surface area contributed by atoms with E-state index in [1.54, 1.807) is 11.9 Å². The summed E-state index contributed by atoms with van der Waals surface area (Å²) in [6.07, 6.45) is 1.90. The Balaban J connectivity index is 1.94. The highest BCUT2D eigenvalue weighted by Crippen LogP contribution is 2.32. The molecule has 3 atom stereocenters. The lowest BCUT2D eigenvalue weighted by molar-refractivity contribution is -0.142. The van der Waals surface area contributed by atoms with Gasteiger partial charge in [-0.25, -0.2) is 0 Å². The summed E-state index contributed by atoms with van der Waals surface area (Å²) in [4.78, 5) is 25.9. The predicted molar refractivity (Wildman–Crippen MR) is 70.3 cm³/mol. The first kappa shape index (κ1) is 14.3. The van der Waals surface area contributed by atoms with Crippen molar-refractivity contribution in [3.8, 4) is 0 Å².